The van der Waals surface area contributed by atoms with E-state index < -0.39 is 0 Å². The van der Waals surface area contributed by atoms with Gasteiger partial charge in [-0.1, -0.05) is 147 Å². The normalized spacial score (nSPS) is 12.7. The summed E-state index contributed by atoms with van der Waals surface area (Å²) in [6.45, 7) is 6.90. The third-order valence-electron chi connectivity index (χ3n) is 9.82. The van der Waals surface area contributed by atoms with Crippen LogP contribution in [0.2, 0.25) is 0 Å². The topological polar surface area (TPSA) is 3.24 Å². The highest BCUT2D eigenvalue weighted by Crippen LogP contribution is 2.52. The van der Waals surface area contributed by atoms with E-state index in [1.807, 2.05) is 0 Å². The second-order valence-corrected chi connectivity index (χ2v) is 13.1. The van der Waals surface area contributed by atoms with Gasteiger partial charge in [-0.25, -0.2) is 0 Å². The number of benzene rings is 7. The van der Waals surface area contributed by atoms with Crippen LogP contribution >= 0.6 is 0 Å². The van der Waals surface area contributed by atoms with Gasteiger partial charge in [-0.3, -0.25) is 0 Å². The Morgan fingerprint density at radius 1 is 0.404 bits per heavy atom. The predicted octanol–water partition coefficient (Wildman–Crippen LogP) is 12.8. The van der Waals surface area contributed by atoms with Gasteiger partial charge in [0.2, 0.25) is 0 Å². The van der Waals surface area contributed by atoms with E-state index in [0.717, 1.165) is 11.4 Å². The molecule has 226 valence electrons. The van der Waals surface area contributed by atoms with E-state index in [1.165, 1.54) is 66.9 Å². The summed E-state index contributed by atoms with van der Waals surface area (Å²) in [5.41, 5.74) is 17.5. The summed E-state index contributed by atoms with van der Waals surface area (Å²) >= 11 is 0. The number of fused-ring (bicyclic) bond motifs is 3. The van der Waals surface area contributed by atoms with E-state index in [2.05, 4.69) is 196 Å². The van der Waals surface area contributed by atoms with Crippen LogP contribution in [0, 0.1) is 6.92 Å². The molecule has 0 atom stereocenters. The predicted molar refractivity (Wildman–Crippen MR) is 200 cm³/mol. The summed E-state index contributed by atoms with van der Waals surface area (Å²) in [7, 11) is 0. The Kier molecular flexibility index (Phi) is 7.11. The van der Waals surface area contributed by atoms with Crippen LogP contribution in [0.5, 0.6) is 0 Å². The zero-order valence-corrected chi connectivity index (χ0v) is 27.1. The molecule has 0 N–H and O–H groups in total. The maximum absolute atomic E-state index is 2.39. The van der Waals surface area contributed by atoms with Gasteiger partial charge in [-0.15, -0.1) is 0 Å². The summed E-state index contributed by atoms with van der Waals surface area (Å²) < 4.78 is 0. The molecule has 0 saturated heterocycles. The lowest BCUT2D eigenvalue weighted by Gasteiger charge is -2.28. The minimum absolute atomic E-state index is 0.0198. The molecule has 0 spiro atoms. The molecule has 0 saturated carbocycles. The number of aryl methyl sites for hydroxylation is 1. The van der Waals surface area contributed by atoms with Gasteiger partial charge in [0.15, 0.2) is 0 Å². The van der Waals surface area contributed by atoms with Gasteiger partial charge in [0, 0.05) is 22.5 Å². The van der Waals surface area contributed by atoms with E-state index in [4.69, 9.17) is 0 Å². The lowest BCUT2D eigenvalue weighted by Crippen LogP contribution is -2.14. The molecule has 0 amide bonds. The zero-order chi connectivity index (χ0) is 32.0. The van der Waals surface area contributed by atoms with Crippen LogP contribution in [0.25, 0.3) is 44.5 Å². The van der Waals surface area contributed by atoms with Gasteiger partial charge in [-0.05, 0) is 105 Å². The quantitative estimate of drug-likeness (QED) is 0.183. The fraction of sp³-hybridized carbons (Fsp3) is 0.0870. The van der Waals surface area contributed by atoms with E-state index in [9.17, 15) is 0 Å². The molecule has 7 aromatic rings. The Hall–Kier alpha value is -5.66. The standard InChI is InChI=1S/C46H37N/c1-32-31-37(34-15-8-5-9-16-34)25-30-44(32)47(38-26-21-35(22-27-38)33-13-6-4-7-14-33)39-28-23-36(24-29-39)40-18-12-20-43-45(40)41-17-10-11-19-42(41)46(43,2)3/h4-31H,1-3H3. The van der Waals surface area contributed by atoms with Gasteiger partial charge in [-0.2, -0.15) is 0 Å². The summed E-state index contributed by atoms with van der Waals surface area (Å²) in [5.74, 6) is 0. The Morgan fingerprint density at radius 3 is 1.53 bits per heavy atom. The van der Waals surface area contributed by atoms with Gasteiger partial charge in [0.05, 0.1) is 0 Å². The number of hydrogen-bond acceptors (Lipinski definition) is 1. The molecule has 1 nitrogen and oxygen atoms in total. The monoisotopic (exact) mass is 603 g/mol. The molecule has 0 fully saturated rings. The molecule has 0 heterocycles. The molecule has 0 aliphatic heterocycles. The smallest absolute Gasteiger partial charge is 0.0491 e. The number of rotatable bonds is 6. The number of hydrogen-bond donors (Lipinski definition) is 0. The SMILES string of the molecule is Cc1cc(-c2ccccc2)ccc1N(c1ccc(-c2ccccc2)cc1)c1ccc(-c2cccc3c2-c2ccccc2C3(C)C)cc1. The van der Waals surface area contributed by atoms with Crippen LogP contribution in [0.4, 0.5) is 17.1 Å². The first-order valence-corrected chi connectivity index (χ1v) is 16.4. The van der Waals surface area contributed by atoms with Crippen LogP contribution in [-0.4, -0.2) is 0 Å². The summed E-state index contributed by atoms with van der Waals surface area (Å²) in [6.07, 6.45) is 0. The Bertz CT molecular complexity index is 2190. The van der Waals surface area contributed by atoms with Crippen LogP contribution < -0.4 is 4.90 Å². The highest BCUT2D eigenvalue weighted by atomic mass is 15.1. The van der Waals surface area contributed by atoms with Crippen molar-refractivity contribution >= 4 is 17.1 Å². The highest BCUT2D eigenvalue weighted by Gasteiger charge is 2.36. The minimum Gasteiger partial charge on any atom is -0.310 e. The van der Waals surface area contributed by atoms with Crippen molar-refractivity contribution in [2.45, 2.75) is 26.2 Å². The first-order chi connectivity index (χ1) is 23.0. The molecule has 0 bridgehead atoms. The second kappa shape index (κ2) is 11.6. The Labute approximate surface area is 278 Å². The fourth-order valence-corrected chi connectivity index (χ4v) is 7.36. The molecule has 1 aliphatic carbocycles. The lowest BCUT2D eigenvalue weighted by atomic mass is 9.82. The number of nitrogens with zero attached hydrogens (tertiary/aromatic N) is 1. The molecular weight excluding hydrogens is 567 g/mol. The first-order valence-electron chi connectivity index (χ1n) is 16.4. The van der Waals surface area contributed by atoms with Gasteiger partial charge in [0.25, 0.3) is 0 Å². The van der Waals surface area contributed by atoms with Crippen LogP contribution in [0.1, 0.15) is 30.5 Å². The minimum atomic E-state index is -0.0198. The van der Waals surface area contributed by atoms with Crippen molar-refractivity contribution in [3.8, 4) is 44.5 Å². The van der Waals surface area contributed by atoms with Crippen molar-refractivity contribution in [1.82, 2.24) is 0 Å². The molecular formula is C46H37N. The van der Waals surface area contributed by atoms with Crippen molar-refractivity contribution in [1.29, 1.82) is 0 Å². The molecule has 1 heteroatoms. The molecule has 7 aromatic carbocycles. The summed E-state index contributed by atoms with van der Waals surface area (Å²) in [4.78, 5) is 2.39. The maximum atomic E-state index is 2.39. The van der Waals surface area contributed by atoms with Crippen LogP contribution in [0.15, 0.2) is 170 Å². The van der Waals surface area contributed by atoms with E-state index in [0.29, 0.717) is 0 Å². The average Bonchev–Trinajstić information content (AvgIpc) is 3.37. The highest BCUT2D eigenvalue weighted by molar-refractivity contribution is 5.93. The fourth-order valence-electron chi connectivity index (χ4n) is 7.36. The first kappa shape index (κ1) is 28.8. The molecule has 8 rings (SSSR count). The third kappa shape index (κ3) is 5.05. The Morgan fingerprint density at radius 2 is 0.894 bits per heavy atom. The molecule has 0 aromatic heterocycles. The second-order valence-electron chi connectivity index (χ2n) is 13.1. The van der Waals surface area contributed by atoms with Crippen molar-refractivity contribution < 1.29 is 0 Å². The maximum Gasteiger partial charge on any atom is 0.0491 e. The van der Waals surface area contributed by atoms with E-state index >= 15 is 0 Å². The summed E-state index contributed by atoms with van der Waals surface area (Å²) in [5, 5.41) is 0. The van der Waals surface area contributed by atoms with Gasteiger partial charge < -0.3 is 4.90 Å². The van der Waals surface area contributed by atoms with Crippen LogP contribution in [0.3, 0.4) is 0 Å². The van der Waals surface area contributed by atoms with Crippen LogP contribution in [-0.2, 0) is 5.41 Å². The van der Waals surface area contributed by atoms with Crippen molar-refractivity contribution in [2.75, 3.05) is 4.90 Å². The van der Waals surface area contributed by atoms with Gasteiger partial charge >= 0.3 is 0 Å². The molecule has 0 radical (unpaired) electrons. The molecule has 1 aliphatic rings. The average molecular weight is 604 g/mol. The largest absolute Gasteiger partial charge is 0.310 e. The zero-order valence-electron chi connectivity index (χ0n) is 27.1. The van der Waals surface area contributed by atoms with Crippen molar-refractivity contribution in [2.24, 2.45) is 0 Å². The van der Waals surface area contributed by atoms with E-state index in [1.54, 1.807) is 0 Å². The van der Waals surface area contributed by atoms with Gasteiger partial charge in [0.1, 0.15) is 0 Å². The molecule has 47 heavy (non-hydrogen) atoms. The molecule has 0 unspecified atom stereocenters. The summed E-state index contributed by atoms with van der Waals surface area (Å²) in [6, 6.07) is 61.8. The van der Waals surface area contributed by atoms with Crippen molar-refractivity contribution in [3.05, 3.63) is 187 Å². The lowest BCUT2D eigenvalue weighted by molar-refractivity contribution is 0.660. The van der Waals surface area contributed by atoms with E-state index in [-0.39, 0.29) is 5.41 Å². The Balaban J connectivity index is 1.22. The van der Waals surface area contributed by atoms with Crippen molar-refractivity contribution in [3.63, 3.8) is 0 Å². The third-order valence-corrected chi connectivity index (χ3v) is 9.82. The number of anilines is 3.